The normalized spacial score (nSPS) is 8.89. The van der Waals surface area contributed by atoms with Crippen molar-refractivity contribution in [3.8, 4) is 6.07 Å². The van der Waals surface area contributed by atoms with Crippen molar-refractivity contribution in [1.82, 2.24) is 9.36 Å². The third-order valence-corrected chi connectivity index (χ3v) is 1.60. The van der Waals surface area contributed by atoms with Gasteiger partial charge in [-0.2, -0.15) is 9.64 Å². The van der Waals surface area contributed by atoms with Crippen molar-refractivity contribution < 1.29 is 0 Å². The summed E-state index contributed by atoms with van der Waals surface area (Å²) < 4.78 is 3.91. The van der Waals surface area contributed by atoms with Crippen LogP contribution < -0.4 is 0 Å². The molecule has 9 heavy (non-hydrogen) atoms. The minimum atomic E-state index is 0.380. The lowest BCUT2D eigenvalue weighted by molar-refractivity contribution is 1.10. The number of hydrogen-bond acceptors (Lipinski definition) is 4. The fourth-order valence-corrected chi connectivity index (χ4v) is 1.06. The van der Waals surface area contributed by atoms with Gasteiger partial charge in [0.25, 0.3) is 0 Å². The molecule has 0 fully saturated rings. The van der Waals surface area contributed by atoms with Gasteiger partial charge in [-0.15, -0.1) is 0 Å². The van der Waals surface area contributed by atoms with Crippen molar-refractivity contribution >= 4 is 11.5 Å². The van der Waals surface area contributed by atoms with Gasteiger partial charge >= 0.3 is 0 Å². The first-order valence-corrected chi connectivity index (χ1v) is 3.26. The lowest BCUT2D eigenvalue weighted by Crippen LogP contribution is -1.78. The Bertz CT molecular complexity index is 235. The lowest BCUT2D eigenvalue weighted by atomic mass is 10.5. The second-order valence-electron chi connectivity index (χ2n) is 1.57. The Balaban J connectivity index is 2.76. The smallest absolute Gasteiger partial charge is 0.139 e. The van der Waals surface area contributed by atoms with Crippen molar-refractivity contribution in [1.29, 1.82) is 5.26 Å². The topological polar surface area (TPSA) is 49.6 Å². The average molecular weight is 139 g/mol. The van der Waals surface area contributed by atoms with Crippen LogP contribution in [0.4, 0.5) is 0 Å². The Labute approximate surface area is 57.1 Å². The number of nitriles is 1. The predicted octanol–water partition coefficient (Wildman–Crippen LogP) is 0.913. The molecule has 4 heteroatoms. The molecule has 0 N–H and O–H groups in total. The largest absolute Gasteiger partial charge is 0.224 e. The monoisotopic (exact) mass is 139 g/mol. The molecule has 0 spiro atoms. The van der Waals surface area contributed by atoms with E-state index in [-0.39, 0.29) is 0 Å². The molecule has 3 nitrogen and oxygen atoms in total. The van der Waals surface area contributed by atoms with Gasteiger partial charge in [0.15, 0.2) is 0 Å². The number of hydrogen-bond donors (Lipinski definition) is 0. The van der Waals surface area contributed by atoms with E-state index in [9.17, 15) is 0 Å². The molecule has 0 radical (unpaired) electrons. The van der Waals surface area contributed by atoms with Gasteiger partial charge in [0.1, 0.15) is 10.8 Å². The summed E-state index contributed by atoms with van der Waals surface area (Å²) in [5.74, 6) is 0.755. The Morgan fingerprint density at radius 1 is 1.78 bits per heavy atom. The summed E-state index contributed by atoms with van der Waals surface area (Å²) in [6.45, 7) is 1.82. The quantitative estimate of drug-likeness (QED) is 0.581. The molecule has 0 bridgehead atoms. The van der Waals surface area contributed by atoms with Crippen LogP contribution >= 0.6 is 11.5 Å². The zero-order chi connectivity index (χ0) is 6.69. The molecule has 0 unspecified atom stereocenters. The van der Waals surface area contributed by atoms with E-state index in [1.54, 1.807) is 0 Å². The number of rotatable bonds is 1. The van der Waals surface area contributed by atoms with Gasteiger partial charge in [-0.1, -0.05) is 0 Å². The molecule has 1 aromatic rings. The van der Waals surface area contributed by atoms with Gasteiger partial charge in [0.2, 0.25) is 0 Å². The maximum atomic E-state index is 8.22. The molecule has 0 atom stereocenters. The highest BCUT2D eigenvalue weighted by molar-refractivity contribution is 7.05. The number of aromatic nitrogens is 2. The van der Waals surface area contributed by atoms with Crippen LogP contribution in [0.3, 0.4) is 0 Å². The van der Waals surface area contributed by atoms with Crippen LogP contribution in [-0.2, 0) is 6.42 Å². The second kappa shape index (κ2) is 2.55. The Morgan fingerprint density at radius 3 is 3.00 bits per heavy atom. The van der Waals surface area contributed by atoms with E-state index in [2.05, 4.69) is 9.36 Å². The van der Waals surface area contributed by atoms with Crippen LogP contribution in [0.1, 0.15) is 10.8 Å². The standard InChI is InChI=1S/C5H5N3S/c1-4-7-5(2-3-6)9-8-4/h2H2,1H3. The van der Waals surface area contributed by atoms with E-state index >= 15 is 0 Å². The van der Waals surface area contributed by atoms with Gasteiger partial charge in [-0.25, -0.2) is 4.98 Å². The lowest BCUT2D eigenvalue weighted by Gasteiger charge is -1.74. The molecule has 0 aromatic carbocycles. The summed E-state index contributed by atoms with van der Waals surface area (Å²) in [6, 6.07) is 2.01. The van der Waals surface area contributed by atoms with Gasteiger partial charge in [0.05, 0.1) is 12.5 Å². The molecule has 0 aliphatic heterocycles. The van der Waals surface area contributed by atoms with Crippen molar-refractivity contribution in [2.75, 3.05) is 0 Å². The minimum absolute atomic E-state index is 0.380. The van der Waals surface area contributed by atoms with Crippen LogP contribution in [0.2, 0.25) is 0 Å². The summed E-state index contributed by atoms with van der Waals surface area (Å²) in [5.41, 5.74) is 0. The average Bonchev–Trinajstić information content (AvgIpc) is 2.17. The molecular formula is C5H5N3S. The van der Waals surface area contributed by atoms with E-state index in [0.29, 0.717) is 6.42 Å². The molecule has 1 rings (SSSR count). The highest BCUT2D eigenvalue weighted by Gasteiger charge is 1.96. The van der Waals surface area contributed by atoms with Gasteiger partial charge < -0.3 is 0 Å². The fourth-order valence-electron chi connectivity index (χ4n) is 0.479. The summed E-state index contributed by atoms with van der Waals surface area (Å²) in [6.07, 6.45) is 0.380. The first kappa shape index (κ1) is 6.17. The van der Waals surface area contributed by atoms with Gasteiger partial charge in [-0.05, 0) is 18.5 Å². The van der Waals surface area contributed by atoms with Crippen molar-refractivity contribution in [2.45, 2.75) is 13.3 Å². The second-order valence-corrected chi connectivity index (χ2v) is 2.41. The molecule has 1 aromatic heterocycles. The summed E-state index contributed by atoms with van der Waals surface area (Å²) in [4.78, 5) is 3.99. The fraction of sp³-hybridized carbons (Fsp3) is 0.400. The van der Waals surface area contributed by atoms with Crippen LogP contribution in [0.15, 0.2) is 0 Å². The highest BCUT2D eigenvalue weighted by atomic mass is 32.1. The third kappa shape index (κ3) is 1.47. The molecule has 46 valence electrons. The summed E-state index contributed by atoms with van der Waals surface area (Å²) in [7, 11) is 0. The molecule has 0 aliphatic rings. The van der Waals surface area contributed by atoms with E-state index < -0.39 is 0 Å². The zero-order valence-electron chi connectivity index (χ0n) is 4.96. The van der Waals surface area contributed by atoms with E-state index in [0.717, 1.165) is 10.8 Å². The van der Waals surface area contributed by atoms with Crippen LogP contribution in [0.5, 0.6) is 0 Å². The minimum Gasteiger partial charge on any atom is -0.224 e. The summed E-state index contributed by atoms with van der Waals surface area (Å²) in [5, 5.41) is 9.02. The Hall–Kier alpha value is -0.950. The van der Waals surface area contributed by atoms with E-state index in [1.165, 1.54) is 11.5 Å². The predicted molar refractivity (Wildman–Crippen MR) is 34.0 cm³/mol. The molecule has 1 heterocycles. The molecular weight excluding hydrogens is 134 g/mol. The number of nitrogens with zero attached hydrogens (tertiary/aromatic N) is 3. The Kier molecular flexibility index (Phi) is 1.75. The van der Waals surface area contributed by atoms with Crippen LogP contribution in [0.25, 0.3) is 0 Å². The molecule has 0 amide bonds. The van der Waals surface area contributed by atoms with Crippen molar-refractivity contribution in [3.05, 3.63) is 10.8 Å². The van der Waals surface area contributed by atoms with Gasteiger partial charge in [-0.3, -0.25) is 0 Å². The van der Waals surface area contributed by atoms with Crippen molar-refractivity contribution in [3.63, 3.8) is 0 Å². The molecule has 0 saturated carbocycles. The number of aryl methyl sites for hydroxylation is 1. The zero-order valence-corrected chi connectivity index (χ0v) is 5.77. The maximum Gasteiger partial charge on any atom is 0.139 e. The summed E-state index contributed by atoms with van der Waals surface area (Å²) >= 11 is 1.29. The first-order valence-electron chi connectivity index (χ1n) is 2.49. The highest BCUT2D eigenvalue weighted by Crippen LogP contribution is 2.02. The molecule has 0 saturated heterocycles. The molecule has 0 aliphatic carbocycles. The SMILES string of the molecule is Cc1nsc(CC#N)n1. The van der Waals surface area contributed by atoms with E-state index in [4.69, 9.17) is 5.26 Å². The Morgan fingerprint density at radius 2 is 2.56 bits per heavy atom. The third-order valence-electron chi connectivity index (χ3n) is 0.800. The first-order chi connectivity index (χ1) is 4.33. The van der Waals surface area contributed by atoms with Gasteiger partial charge in [0, 0.05) is 0 Å². The maximum absolute atomic E-state index is 8.22. The van der Waals surface area contributed by atoms with E-state index in [1.807, 2.05) is 13.0 Å². The van der Waals surface area contributed by atoms with Crippen molar-refractivity contribution in [2.24, 2.45) is 0 Å². The van der Waals surface area contributed by atoms with Crippen LogP contribution in [-0.4, -0.2) is 9.36 Å². The van der Waals surface area contributed by atoms with Crippen LogP contribution in [0, 0.1) is 18.3 Å².